The lowest BCUT2D eigenvalue weighted by Gasteiger charge is -2.32. The highest BCUT2D eigenvalue weighted by Crippen LogP contribution is 2.31. The van der Waals surface area contributed by atoms with E-state index in [4.69, 9.17) is 11.6 Å². The van der Waals surface area contributed by atoms with E-state index < -0.39 is 5.82 Å². The molecule has 4 rings (SSSR count). The summed E-state index contributed by atoms with van der Waals surface area (Å²) >= 11 is 5.99. The van der Waals surface area contributed by atoms with Gasteiger partial charge in [-0.15, -0.1) is 0 Å². The number of benzene rings is 2. The maximum Gasteiger partial charge on any atom is 0.253 e. The van der Waals surface area contributed by atoms with Crippen molar-refractivity contribution in [2.75, 3.05) is 6.61 Å². The van der Waals surface area contributed by atoms with Crippen LogP contribution in [0.25, 0.3) is 10.9 Å². The van der Waals surface area contributed by atoms with Crippen LogP contribution in [0.15, 0.2) is 48.7 Å². The Labute approximate surface area is 187 Å². The minimum absolute atomic E-state index is 0.00913. The van der Waals surface area contributed by atoms with E-state index in [9.17, 15) is 14.3 Å². The second kappa shape index (κ2) is 9.41. The van der Waals surface area contributed by atoms with Gasteiger partial charge in [0.25, 0.3) is 5.91 Å². The number of nitrogens with one attached hydrogen (secondary N) is 1. The molecule has 0 aliphatic heterocycles. The Bertz CT molecular complexity index is 1060. The van der Waals surface area contributed by atoms with Crippen LogP contribution >= 0.6 is 11.6 Å². The van der Waals surface area contributed by atoms with Crippen LogP contribution in [0.2, 0.25) is 5.02 Å². The van der Waals surface area contributed by atoms with Gasteiger partial charge in [0, 0.05) is 35.8 Å². The molecule has 1 atom stereocenters. The summed E-state index contributed by atoms with van der Waals surface area (Å²) in [6.45, 7) is 2.82. The Balaban J connectivity index is 1.56. The van der Waals surface area contributed by atoms with E-state index in [0.717, 1.165) is 36.8 Å². The fourth-order valence-corrected chi connectivity index (χ4v) is 4.80. The van der Waals surface area contributed by atoms with Gasteiger partial charge in [0.15, 0.2) is 0 Å². The standard InChI is InChI=1S/C25H28ClFN2O2/c1-16(19-6-2-18(15-30)3-7-19)28-25(31)23-13-22(27)12-20-10-11-29(24(20)23)14-17-4-8-21(26)9-5-17/h4-5,8-13,16,18-19,30H,2-3,6-7,14-15H2,1H3,(H,28,31). The van der Waals surface area contributed by atoms with Crippen LogP contribution in [0.4, 0.5) is 4.39 Å². The Morgan fingerprint density at radius 3 is 2.58 bits per heavy atom. The number of carbonyl (C=O) groups excluding carboxylic acids is 1. The van der Waals surface area contributed by atoms with Crippen LogP contribution in [-0.4, -0.2) is 28.2 Å². The Morgan fingerprint density at radius 2 is 1.90 bits per heavy atom. The highest BCUT2D eigenvalue weighted by Gasteiger charge is 2.27. The first-order valence-electron chi connectivity index (χ1n) is 10.9. The summed E-state index contributed by atoms with van der Waals surface area (Å²) in [5.74, 6) is 0.0742. The minimum atomic E-state index is -0.419. The molecule has 1 aliphatic rings. The van der Waals surface area contributed by atoms with Gasteiger partial charge in [0.2, 0.25) is 0 Å². The van der Waals surface area contributed by atoms with Crippen molar-refractivity contribution in [2.24, 2.45) is 11.8 Å². The molecule has 1 fully saturated rings. The number of hydrogen-bond acceptors (Lipinski definition) is 2. The number of hydrogen-bond donors (Lipinski definition) is 2. The topological polar surface area (TPSA) is 54.3 Å². The summed E-state index contributed by atoms with van der Waals surface area (Å²) in [5, 5.41) is 13.8. The molecule has 31 heavy (non-hydrogen) atoms. The number of amides is 1. The normalized spacial score (nSPS) is 20.0. The quantitative estimate of drug-likeness (QED) is 0.537. The molecular formula is C25H28ClFN2O2. The van der Waals surface area contributed by atoms with Crippen LogP contribution in [0.1, 0.15) is 48.5 Å². The van der Waals surface area contributed by atoms with E-state index in [2.05, 4.69) is 5.32 Å². The predicted octanol–water partition coefficient (Wildman–Crippen LogP) is 5.40. The van der Waals surface area contributed by atoms with Gasteiger partial charge in [0.05, 0.1) is 11.1 Å². The number of aliphatic hydroxyl groups is 1. The first kappa shape index (κ1) is 21.8. The van der Waals surface area contributed by atoms with Crippen LogP contribution in [0, 0.1) is 17.7 Å². The summed E-state index contributed by atoms with van der Waals surface area (Å²) in [6.07, 6.45) is 5.82. The van der Waals surface area contributed by atoms with Crippen LogP contribution < -0.4 is 5.32 Å². The van der Waals surface area contributed by atoms with Crippen molar-refractivity contribution in [2.45, 2.75) is 45.2 Å². The molecule has 0 bridgehead atoms. The van der Waals surface area contributed by atoms with Gasteiger partial charge in [-0.2, -0.15) is 0 Å². The molecule has 164 valence electrons. The maximum absolute atomic E-state index is 14.3. The molecule has 0 spiro atoms. The molecule has 1 aliphatic carbocycles. The molecule has 1 heterocycles. The van der Waals surface area contributed by atoms with Gasteiger partial charge in [-0.3, -0.25) is 4.79 Å². The average molecular weight is 443 g/mol. The number of aromatic nitrogens is 1. The molecule has 4 nitrogen and oxygen atoms in total. The summed E-state index contributed by atoms with van der Waals surface area (Å²) in [7, 11) is 0. The monoisotopic (exact) mass is 442 g/mol. The number of nitrogens with zero attached hydrogens (tertiary/aromatic N) is 1. The molecule has 1 aromatic heterocycles. The van der Waals surface area contributed by atoms with Crippen molar-refractivity contribution in [1.82, 2.24) is 9.88 Å². The number of aliphatic hydroxyl groups excluding tert-OH is 1. The van der Waals surface area contributed by atoms with Crippen molar-refractivity contribution in [3.05, 3.63) is 70.6 Å². The van der Waals surface area contributed by atoms with Crippen molar-refractivity contribution in [3.63, 3.8) is 0 Å². The highest BCUT2D eigenvalue weighted by atomic mass is 35.5. The van der Waals surface area contributed by atoms with Gasteiger partial charge in [-0.1, -0.05) is 23.7 Å². The van der Waals surface area contributed by atoms with E-state index in [1.165, 1.54) is 12.1 Å². The maximum atomic E-state index is 14.3. The van der Waals surface area contributed by atoms with Gasteiger partial charge >= 0.3 is 0 Å². The van der Waals surface area contributed by atoms with Gasteiger partial charge in [-0.05, 0) is 80.3 Å². The van der Waals surface area contributed by atoms with E-state index in [1.807, 2.05) is 48.0 Å². The lowest BCUT2D eigenvalue weighted by atomic mass is 9.79. The van der Waals surface area contributed by atoms with Gasteiger partial charge < -0.3 is 15.0 Å². The first-order chi connectivity index (χ1) is 14.9. The van der Waals surface area contributed by atoms with Crippen molar-refractivity contribution >= 4 is 28.4 Å². The Hall–Kier alpha value is -2.37. The second-order valence-corrected chi connectivity index (χ2v) is 9.12. The third kappa shape index (κ3) is 4.94. The Kier molecular flexibility index (Phi) is 6.63. The summed E-state index contributed by atoms with van der Waals surface area (Å²) in [6, 6.07) is 12.2. The van der Waals surface area contributed by atoms with Crippen molar-refractivity contribution < 1.29 is 14.3 Å². The van der Waals surface area contributed by atoms with Crippen LogP contribution in [0.5, 0.6) is 0 Å². The second-order valence-electron chi connectivity index (χ2n) is 8.69. The first-order valence-corrected chi connectivity index (χ1v) is 11.3. The molecule has 6 heteroatoms. The number of fused-ring (bicyclic) bond motifs is 1. The molecule has 3 aromatic rings. The zero-order valence-corrected chi connectivity index (χ0v) is 18.4. The lowest BCUT2D eigenvalue weighted by Crippen LogP contribution is -2.40. The van der Waals surface area contributed by atoms with E-state index >= 15 is 0 Å². The average Bonchev–Trinajstić information content (AvgIpc) is 3.17. The van der Waals surface area contributed by atoms with Crippen molar-refractivity contribution in [1.29, 1.82) is 0 Å². The fourth-order valence-electron chi connectivity index (χ4n) is 4.68. The number of rotatable bonds is 6. The van der Waals surface area contributed by atoms with Crippen molar-refractivity contribution in [3.8, 4) is 0 Å². The molecule has 1 amide bonds. The van der Waals surface area contributed by atoms with Crippen LogP contribution in [-0.2, 0) is 6.54 Å². The zero-order chi connectivity index (χ0) is 22.0. The summed E-state index contributed by atoms with van der Waals surface area (Å²) in [5.41, 5.74) is 2.13. The smallest absolute Gasteiger partial charge is 0.253 e. The molecule has 2 aromatic carbocycles. The molecule has 0 radical (unpaired) electrons. The molecular weight excluding hydrogens is 415 g/mol. The molecule has 1 saturated carbocycles. The SMILES string of the molecule is CC(NC(=O)c1cc(F)cc2ccn(Cc3ccc(Cl)cc3)c12)C1CCC(CO)CC1. The lowest BCUT2D eigenvalue weighted by molar-refractivity contribution is 0.0906. The molecule has 1 unspecified atom stereocenters. The fraction of sp³-hybridized carbons (Fsp3) is 0.400. The minimum Gasteiger partial charge on any atom is -0.396 e. The van der Waals surface area contributed by atoms with E-state index in [1.54, 1.807) is 0 Å². The van der Waals surface area contributed by atoms with Gasteiger partial charge in [0.1, 0.15) is 5.82 Å². The molecule has 0 saturated heterocycles. The molecule has 2 N–H and O–H groups in total. The third-order valence-corrected chi connectivity index (χ3v) is 6.80. The summed E-state index contributed by atoms with van der Waals surface area (Å²) < 4.78 is 16.3. The Morgan fingerprint density at radius 1 is 1.19 bits per heavy atom. The van der Waals surface area contributed by atoms with E-state index in [-0.39, 0.29) is 18.6 Å². The largest absolute Gasteiger partial charge is 0.396 e. The number of carbonyl (C=O) groups is 1. The van der Waals surface area contributed by atoms with Crippen LogP contribution in [0.3, 0.4) is 0 Å². The summed E-state index contributed by atoms with van der Waals surface area (Å²) in [4.78, 5) is 13.2. The zero-order valence-electron chi connectivity index (χ0n) is 17.7. The third-order valence-electron chi connectivity index (χ3n) is 6.55. The highest BCUT2D eigenvalue weighted by molar-refractivity contribution is 6.30. The number of halogens is 2. The van der Waals surface area contributed by atoms with Gasteiger partial charge in [-0.25, -0.2) is 4.39 Å². The van der Waals surface area contributed by atoms with E-state index in [0.29, 0.717) is 34.4 Å². The predicted molar refractivity (Wildman–Crippen MR) is 122 cm³/mol.